The van der Waals surface area contributed by atoms with Crippen molar-refractivity contribution < 1.29 is 4.79 Å². The van der Waals surface area contributed by atoms with Crippen molar-refractivity contribution in [3.8, 4) is 0 Å². The number of amides is 1. The van der Waals surface area contributed by atoms with Crippen molar-refractivity contribution in [1.82, 2.24) is 9.97 Å². The zero-order chi connectivity index (χ0) is 16.1. The maximum absolute atomic E-state index is 12.2. The molecule has 3 rings (SSSR count). The average molecular weight is 331 g/mol. The van der Waals surface area contributed by atoms with E-state index in [4.69, 9.17) is 5.73 Å². The number of nitrogens with two attached hydrogens (primary N) is 1. The lowest BCUT2D eigenvalue weighted by molar-refractivity contribution is 0.102. The van der Waals surface area contributed by atoms with Gasteiger partial charge in [-0.3, -0.25) is 4.79 Å². The number of carbonyl (C=O) groups is 1. The number of pyridine rings is 1. The van der Waals surface area contributed by atoms with Crippen LogP contribution in [0, 0.1) is 0 Å². The van der Waals surface area contributed by atoms with Crippen LogP contribution in [0.1, 0.15) is 34.8 Å². The summed E-state index contributed by atoms with van der Waals surface area (Å²) in [6.07, 6.45) is 6.13. The molecule has 3 heterocycles. The van der Waals surface area contributed by atoms with Crippen LogP contribution in [0.2, 0.25) is 0 Å². The van der Waals surface area contributed by atoms with E-state index in [1.807, 2.05) is 12.1 Å². The van der Waals surface area contributed by atoms with E-state index in [1.54, 1.807) is 11.6 Å². The molecule has 2 aromatic rings. The quantitative estimate of drug-likeness (QED) is 0.878. The third kappa shape index (κ3) is 4.05. The van der Waals surface area contributed by atoms with E-state index >= 15 is 0 Å². The van der Waals surface area contributed by atoms with Crippen LogP contribution in [0.3, 0.4) is 0 Å². The van der Waals surface area contributed by atoms with Crippen LogP contribution in [-0.2, 0) is 6.42 Å². The first-order chi connectivity index (χ1) is 11.3. The lowest BCUT2D eigenvalue weighted by Gasteiger charge is -2.27. The Kier molecular flexibility index (Phi) is 5.19. The van der Waals surface area contributed by atoms with Crippen molar-refractivity contribution in [2.24, 2.45) is 5.73 Å². The smallest absolute Gasteiger partial charge is 0.275 e. The maximum atomic E-state index is 12.2. The fourth-order valence-corrected chi connectivity index (χ4v) is 3.41. The SMILES string of the molecule is NCCc1nc(C(=O)Nc2ccc(N3CCCCC3)nc2)cs1. The van der Waals surface area contributed by atoms with Crippen LogP contribution in [-0.4, -0.2) is 35.5 Å². The minimum Gasteiger partial charge on any atom is -0.357 e. The van der Waals surface area contributed by atoms with Crippen molar-refractivity contribution in [1.29, 1.82) is 0 Å². The Hall–Kier alpha value is -1.99. The second kappa shape index (κ2) is 7.52. The lowest BCUT2D eigenvalue weighted by atomic mass is 10.1. The summed E-state index contributed by atoms with van der Waals surface area (Å²) in [5, 5.41) is 5.48. The van der Waals surface area contributed by atoms with Gasteiger partial charge in [0.05, 0.1) is 16.9 Å². The summed E-state index contributed by atoms with van der Waals surface area (Å²) in [6.45, 7) is 2.65. The number of thiazole rings is 1. The molecule has 1 amide bonds. The van der Waals surface area contributed by atoms with Gasteiger partial charge in [-0.25, -0.2) is 9.97 Å². The number of rotatable bonds is 5. The van der Waals surface area contributed by atoms with E-state index in [0.717, 1.165) is 23.9 Å². The minimum atomic E-state index is -0.211. The molecule has 0 aliphatic carbocycles. The van der Waals surface area contributed by atoms with Crippen LogP contribution in [0.25, 0.3) is 0 Å². The first-order valence-electron chi connectivity index (χ1n) is 7.93. The van der Waals surface area contributed by atoms with E-state index in [0.29, 0.717) is 24.3 Å². The Labute approximate surface area is 139 Å². The zero-order valence-corrected chi connectivity index (χ0v) is 13.8. The van der Waals surface area contributed by atoms with Crippen molar-refractivity contribution in [3.05, 3.63) is 34.4 Å². The molecule has 122 valence electrons. The van der Waals surface area contributed by atoms with Crippen LogP contribution < -0.4 is 16.0 Å². The largest absolute Gasteiger partial charge is 0.357 e. The van der Waals surface area contributed by atoms with Crippen LogP contribution in [0.15, 0.2) is 23.7 Å². The first kappa shape index (κ1) is 15.9. The summed E-state index contributed by atoms with van der Waals surface area (Å²) in [6, 6.07) is 3.85. The molecule has 2 aromatic heterocycles. The van der Waals surface area contributed by atoms with Crippen molar-refractivity contribution >= 4 is 28.7 Å². The number of hydrogen-bond donors (Lipinski definition) is 2. The normalized spacial score (nSPS) is 14.7. The molecule has 0 radical (unpaired) electrons. The summed E-state index contributed by atoms with van der Waals surface area (Å²) < 4.78 is 0. The molecule has 23 heavy (non-hydrogen) atoms. The average Bonchev–Trinajstić information content (AvgIpc) is 3.06. The molecule has 0 aromatic carbocycles. The molecule has 3 N–H and O–H groups in total. The molecule has 7 heteroatoms. The molecule has 0 bridgehead atoms. The summed E-state index contributed by atoms with van der Waals surface area (Å²) in [5.41, 5.74) is 6.61. The van der Waals surface area contributed by atoms with Gasteiger partial charge < -0.3 is 16.0 Å². The van der Waals surface area contributed by atoms with Crippen LogP contribution in [0.4, 0.5) is 11.5 Å². The van der Waals surface area contributed by atoms with Gasteiger partial charge in [-0.2, -0.15) is 0 Å². The molecular formula is C16H21N5OS. The highest BCUT2D eigenvalue weighted by Crippen LogP contribution is 2.19. The van der Waals surface area contributed by atoms with E-state index in [-0.39, 0.29) is 5.91 Å². The molecule has 0 unspecified atom stereocenters. The topological polar surface area (TPSA) is 84.1 Å². The number of nitrogens with zero attached hydrogens (tertiary/aromatic N) is 3. The second-order valence-corrected chi connectivity index (χ2v) is 6.51. The fraction of sp³-hybridized carbons (Fsp3) is 0.438. The summed E-state index contributed by atoms with van der Waals surface area (Å²) in [5.74, 6) is 0.763. The fourth-order valence-electron chi connectivity index (χ4n) is 2.62. The van der Waals surface area contributed by atoms with Crippen LogP contribution >= 0.6 is 11.3 Å². The number of piperidine rings is 1. The van der Waals surface area contributed by atoms with Gasteiger partial charge >= 0.3 is 0 Å². The van der Waals surface area contributed by atoms with Crippen LogP contribution in [0.5, 0.6) is 0 Å². The van der Waals surface area contributed by atoms with Gasteiger partial charge in [-0.05, 0) is 37.9 Å². The Morgan fingerprint density at radius 1 is 1.30 bits per heavy atom. The molecule has 1 fully saturated rings. The van der Waals surface area contributed by atoms with Crippen molar-refractivity contribution in [3.63, 3.8) is 0 Å². The molecule has 1 aliphatic rings. The highest BCUT2D eigenvalue weighted by atomic mass is 32.1. The number of anilines is 2. The van der Waals surface area contributed by atoms with Crippen molar-refractivity contribution in [2.45, 2.75) is 25.7 Å². The maximum Gasteiger partial charge on any atom is 0.275 e. The third-order valence-electron chi connectivity index (χ3n) is 3.83. The molecule has 1 aliphatic heterocycles. The van der Waals surface area contributed by atoms with Gasteiger partial charge in [0.2, 0.25) is 0 Å². The number of aromatic nitrogens is 2. The van der Waals surface area contributed by atoms with E-state index in [9.17, 15) is 4.79 Å². The first-order valence-corrected chi connectivity index (χ1v) is 8.81. The predicted molar refractivity (Wildman–Crippen MR) is 93.1 cm³/mol. The number of nitrogens with one attached hydrogen (secondary N) is 1. The lowest BCUT2D eigenvalue weighted by Crippen LogP contribution is -2.30. The Bertz CT molecular complexity index is 649. The molecule has 6 nitrogen and oxygen atoms in total. The van der Waals surface area contributed by atoms with Gasteiger partial charge in [0.15, 0.2) is 0 Å². The zero-order valence-electron chi connectivity index (χ0n) is 13.0. The molecular weight excluding hydrogens is 310 g/mol. The van der Waals surface area contributed by atoms with Gasteiger partial charge in [-0.1, -0.05) is 0 Å². The Morgan fingerprint density at radius 2 is 2.13 bits per heavy atom. The summed E-state index contributed by atoms with van der Waals surface area (Å²) in [4.78, 5) is 23.2. The van der Waals surface area contributed by atoms with Gasteiger partial charge in [0.25, 0.3) is 5.91 Å². The molecule has 0 atom stereocenters. The minimum absolute atomic E-state index is 0.211. The standard InChI is InChI=1S/C16H21N5OS/c17-7-6-15-20-13(11-23-15)16(22)19-12-4-5-14(18-10-12)21-8-2-1-3-9-21/h4-5,10-11H,1-3,6-9,17H2,(H,19,22). The van der Waals surface area contributed by atoms with Gasteiger partial charge in [0.1, 0.15) is 11.5 Å². The molecule has 0 spiro atoms. The highest BCUT2D eigenvalue weighted by molar-refractivity contribution is 7.09. The summed E-state index contributed by atoms with van der Waals surface area (Å²) >= 11 is 1.46. The van der Waals surface area contributed by atoms with E-state index in [1.165, 1.54) is 30.6 Å². The van der Waals surface area contributed by atoms with Gasteiger partial charge in [0, 0.05) is 24.9 Å². The molecule has 0 saturated carbocycles. The monoisotopic (exact) mass is 331 g/mol. The Morgan fingerprint density at radius 3 is 2.83 bits per heavy atom. The number of hydrogen-bond acceptors (Lipinski definition) is 6. The second-order valence-electron chi connectivity index (χ2n) is 5.57. The molecule has 1 saturated heterocycles. The van der Waals surface area contributed by atoms with E-state index < -0.39 is 0 Å². The Balaban J connectivity index is 1.61. The number of carbonyl (C=O) groups excluding carboxylic acids is 1. The highest BCUT2D eigenvalue weighted by Gasteiger charge is 2.13. The third-order valence-corrected chi connectivity index (χ3v) is 4.74. The summed E-state index contributed by atoms with van der Waals surface area (Å²) in [7, 11) is 0. The van der Waals surface area contributed by atoms with Gasteiger partial charge in [-0.15, -0.1) is 11.3 Å². The predicted octanol–water partition coefficient (Wildman–Crippen LogP) is 2.28. The van der Waals surface area contributed by atoms with E-state index in [2.05, 4.69) is 20.2 Å². The van der Waals surface area contributed by atoms with Crippen molar-refractivity contribution in [2.75, 3.05) is 29.9 Å².